The normalized spacial score (nSPS) is 20.6. The number of urea groups is 1. The summed E-state index contributed by atoms with van der Waals surface area (Å²) in [5.41, 5.74) is 2.16. The van der Waals surface area contributed by atoms with Crippen LogP contribution in [0.15, 0.2) is 36.4 Å². The predicted molar refractivity (Wildman–Crippen MR) is 142 cm³/mol. The second-order valence-corrected chi connectivity index (χ2v) is 10.6. The van der Waals surface area contributed by atoms with E-state index in [1.807, 2.05) is 50.2 Å². The Kier molecular flexibility index (Phi) is 8.62. The van der Waals surface area contributed by atoms with Crippen LogP contribution in [0, 0.1) is 13.8 Å². The van der Waals surface area contributed by atoms with Gasteiger partial charge in [-0.1, -0.05) is 23.7 Å². The van der Waals surface area contributed by atoms with Gasteiger partial charge in [-0.15, -0.1) is 0 Å². The van der Waals surface area contributed by atoms with Gasteiger partial charge in [-0.3, -0.25) is 14.6 Å². The summed E-state index contributed by atoms with van der Waals surface area (Å²) in [4.78, 5) is 28.7. The van der Waals surface area contributed by atoms with Crippen molar-refractivity contribution in [3.8, 4) is 11.5 Å². The number of aliphatic hydroxyl groups is 1. The van der Waals surface area contributed by atoms with Crippen LogP contribution in [-0.4, -0.2) is 83.8 Å². The fourth-order valence-electron chi connectivity index (χ4n) is 4.92. The van der Waals surface area contributed by atoms with E-state index in [1.165, 1.54) is 9.80 Å². The Hall–Kier alpha value is -2.81. The number of rotatable bonds is 10. The number of ether oxygens (including phenoxy) is 2. The summed E-state index contributed by atoms with van der Waals surface area (Å²) >= 11 is 6.26. The summed E-state index contributed by atoms with van der Waals surface area (Å²) in [6.07, 6.45) is 2.18. The number of benzene rings is 2. The molecule has 1 N–H and O–H groups in total. The molecule has 200 valence electrons. The first-order valence-electron chi connectivity index (χ1n) is 12.7. The quantitative estimate of drug-likeness (QED) is 0.370. The number of piperidine rings is 1. The second-order valence-electron chi connectivity index (χ2n) is 10.2. The van der Waals surface area contributed by atoms with Gasteiger partial charge in [0.25, 0.3) is 0 Å². The maximum atomic E-state index is 11.9. The van der Waals surface area contributed by atoms with E-state index in [9.17, 15) is 14.7 Å². The summed E-state index contributed by atoms with van der Waals surface area (Å²) < 4.78 is 11.8. The Balaban J connectivity index is 1.22. The van der Waals surface area contributed by atoms with Gasteiger partial charge in [-0.2, -0.15) is 0 Å². The fourth-order valence-corrected chi connectivity index (χ4v) is 5.03. The number of carbonyl (C=O) groups is 2. The predicted octanol–water partition coefficient (Wildman–Crippen LogP) is 4.03. The van der Waals surface area contributed by atoms with Gasteiger partial charge in [-0.25, -0.2) is 4.79 Å². The Morgan fingerprint density at radius 3 is 2.41 bits per heavy atom. The topological polar surface area (TPSA) is 82.6 Å². The summed E-state index contributed by atoms with van der Waals surface area (Å²) in [5, 5.41) is 11.9. The smallest absolute Gasteiger partial charge is 0.326 e. The monoisotopic (exact) mass is 529 g/mol. The molecule has 0 unspecified atom stereocenters. The first kappa shape index (κ1) is 27.2. The minimum Gasteiger partial charge on any atom is -0.494 e. The minimum atomic E-state index is -0.907. The maximum Gasteiger partial charge on any atom is 0.326 e. The average Bonchev–Trinajstić information content (AvgIpc) is 3.10. The molecule has 2 fully saturated rings. The molecule has 0 aliphatic carbocycles. The molecule has 4 rings (SSSR count). The molecule has 8 nitrogen and oxygen atoms in total. The number of nitrogens with zero attached hydrogens (tertiary/aromatic N) is 3. The largest absolute Gasteiger partial charge is 0.494 e. The van der Waals surface area contributed by atoms with Crippen molar-refractivity contribution in [2.45, 2.75) is 45.3 Å². The van der Waals surface area contributed by atoms with Crippen LogP contribution in [0.1, 0.15) is 36.0 Å². The van der Waals surface area contributed by atoms with Gasteiger partial charge in [-0.05, 0) is 80.6 Å². The van der Waals surface area contributed by atoms with Gasteiger partial charge in [0.05, 0.1) is 6.61 Å². The number of β-amino-alcohol motifs (C(OH)–C–C–N with tert-alkyl or cyclic N) is 1. The van der Waals surface area contributed by atoms with E-state index < -0.39 is 5.60 Å². The SMILES string of the molecule is Cc1cc(OC[C@]2(O)CCCN(Cc3ccc(OCCCN4C(=O)CN(C)C4=O)cc3)C2)cc(C)c1Cl. The highest BCUT2D eigenvalue weighted by atomic mass is 35.5. The minimum absolute atomic E-state index is 0.143. The van der Waals surface area contributed by atoms with Gasteiger partial charge in [0.15, 0.2) is 0 Å². The molecule has 0 bridgehead atoms. The van der Waals surface area contributed by atoms with Crippen LogP contribution >= 0.6 is 11.6 Å². The molecule has 2 aliphatic rings. The van der Waals surface area contributed by atoms with Crippen molar-refractivity contribution in [1.82, 2.24) is 14.7 Å². The molecule has 2 aliphatic heterocycles. The van der Waals surface area contributed by atoms with E-state index in [-0.39, 0.29) is 25.1 Å². The summed E-state index contributed by atoms with van der Waals surface area (Å²) in [5.74, 6) is 1.31. The third-order valence-corrected chi connectivity index (χ3v) is 7.50. The standard InChI is InChI=1S/C28H36ClN3O5/c1-20-14-24(15-21(2)26(20)29)37-19-28(35)10-4-11-31(18-28)16-22-6-8-23(9-7-22)36-13-5-12-32-25(33)17-30(3)27(32)34/h6-9,14-15,35H,4-5,10-13,16-19H2,1-3H3/t28-/m0/s1. The lowest BCUT2D eigenvalue weighted by molar-refractivity contribution is -0.125. The lowest BCUT2D eigenvalue weighted by Crippen LogP contribution is -2.51. The van der Waals surface area contributed by atoms with E-state index in [0.717, 1.165) is 52.7 Å². The molecule has 2 aromatic carbocycles. The Morgan fingerprint density at radius 2 is 1.76 bits per heavy atom. The summed E-state index contributed by atoms with van der Waals surface area (Å²) in [7, 11) is 1.62. The van der Waals surface area contributed by atoms with Crippen LogP contribution in [0.5, 0.6) is 11.5 Å². The van der Waals surface area contributed by atoms with Crippen molar-refractivity contribution in [2.24, 2.45) is 0 Å². The molecular formula is C28H36ClN3O5. The molecule has 0 saturated carbocycles. The first-order chi connectivity index (χ1) is 17.6. The van der Waals surface area contributed by atoms with E-state index in [1.54, 1.807) is 7.05 Å². The van der Waals surface area contributed by atoms with E-state index >= 15 is 0 Å². The highest BCUT2D eigenvalue weighted by Gasteiger charge is 2.34. The van der Waals surface area contributed by atoms with Gasteiger partial charge >= 0.3 is 6.03 Å². The highest BCUT2D eigenvalue weighted by Crippen LogP contribution is 2.28. The van der Waals surface area contributed by atoms with Gasteiger partial charge < -0.3 is 19.5 Å². The molecular weight excluding hydrogens is 494 g/mol. The molecule has 2 saturated heterocycles. The first-order valence-corrected chi connectivity index (χ1v) is 13.1. The second kappa shape index (κ2) is 11.7. The lowest BCUT2D eigenvalue weighted by atomic mass is 9.93. The number of halogens is 1. The van der Waals surface area contributed by atoms with Crippen molar-refractivity contribution in [3.05, 3.63) is 58.1 Å². The Labute approximate surface area is 223 Å². The molecule has 37 heavy (non-hydrogen) atoms. The van der Waals surface area contributed by atoms with Crippen LogP contribution in [0.4, 0.5) is 4.79 Å². The molecule has 0 spiro atoms. The zero-order chi connectivity index (χ0) is 26.6. The third-order valence-electron chi connectivity index (χ3n) is 6.91. The van der Waals surface area contributed by atoms with Crippen LogP contribution in [-0.2, 0) is 11.3 Å². The zero-order valence-corrected chi connectivity index (χ0v) is 22.6. The van der Waals surface area contributed by atoms with E-state index in [4.69, 9.17) is 21.1 Å². The number of imide groups is 1. The van der Waals surface area contributed by atoms with Crippen molar-refractivity contribution in [1.29, 1.82) is 0 Å². The van der Waals surface area contributed by atoms with Gasteiger partial charge in [0.2, 0.25) is 5.91 Å². The van der Waals surface area contributed by atoms with Gasteiger partial charge in [0, 0.05) is 31.7 Å². The zero-order valence-electron chi connectivity index (χ0n) is 21.8. The number of amides is 3. The number of likely N-dealkylation sites (tertiary alicyclic amines) is 1. The summed E-state index contributed by atoms with van der Waals surface area (Å²) in [6, 6.07) is 11.5. The lowest BCUT2D eigenvalue weighted by Gasteiger charge is -2.39. The van der Waals surface area contributed by atoms with Crippen molar-refractivity contribution in [2.75, 3.05) is 46.4 Å². The van der Waals surface area contributed by atoms with Crippen LogP contribution in [0.2, 0.25) is 5.02 Å². The fraction of sp³-hybridized carbons (Fsp3) is 0.500. The molecule has 0 radical (unpaired) electrons. The Morgan fingerprint density at radius 1 is 1.05 bits per heavy atom. The van der Waals surface area contributed by atoms with Crippen LogP contribution in [0.3, 0.4) is 0 Å². The number of hydrogen-bond donors (Lipinski definition) is 1. The number of carbonyl (C=O) groups excluding carboxylic acids is 2. The van der Waals surface area contributed by atoms with Crippen molar-refractivity contribution >= 4 is 23.5 Å². The summed E-state index contributed by atoms with van der Waals surface area (Å²) in [6.45, 7) is 7.26. The van der Waals surface area contributed by atoms with Crippen molar-refractivity contribution < 1.29 is 24.2 Å². The van der Waals surface area contributed by atoms with Gasteiger partial charge in [0.1, 0.15) is 30.3 Å². The molecule has 3 amide bonds. The third kappa shape index (κ3) is 6.94. The number of aryl methyl sites for hydroxylation is 2. The van der Waals surface area contributed by atoms with Crippen LogP contribution < -0.4 is 9.47 Å². The number of likely N-dealkylation sites (N-methyl/N-ethyl adjacent to an activating group) is 1. The molecule has 1 atom stereocenters. The van der Waals surface area contributed by atoms with E-state index in [2.05, 4.69) is 4.90 Å². The highest BCUT2D eigenvalue weighted by molar-refractivity contribution is 6.32. The maximum absolute atomic E-state index is 11.9. The molecule has 0 aromatic heterocycles. The van der Waals surface area contributed by atoms with Crippen LogP contribution in [0.25, 0.3) is 0 Å². The average molecular weight is 530 g/mol. The number of hydrogen-bond acceptors (Lipinski definition) is 6. The molecule has 2 aromatic rings. The molecule has 9 heteroatoms. The molecule has 2 heterocycles. The van der Waals surface area contributed by atoms with Crippen molar-refractivity contribution in [3.63, 3.8) is 0 Å². The van der Waals surface area contributed by atoms with E-state index in [0.29, 0.717) is 32.5 Å². The Bertz CT molecular complexity index is 1100.